The lowest BCUT2D eigenvalue weighted by Gasteiger charge is -2.09. The molecule has 0 fully saturated rings. The number of rotatable bonds is 9. The van der Waals surface area contributed by atoms with E-state index in [2.05, 4.69) is 11.3 Å². The van der Waals surface area contributed by atoms with Crippen LogP contribution in [-0.4, -0.2) is 12.4 Å². The number of carbonyl (C=O) groups is 2. The Balaban J connectivity index is 1.99. The van der Waals surface area contributed by atoms with Crippen LogP contribution in [0.3, 0.4) is 0 Å². The van der Waals surface area contributed by atoms with Gasteiger partial charge in [0.1, 0.15) is 36.5 Å². The number of aryl methyl sites for hydroxylation is 1. The zero-order valence-electron chi connectivity index (χ0n) is 15.6. The number of hydrogen-bond donors (Lipinski definition) is 0. The lowest BCUT2D eigenvalue weighted by atomic mass is 10.0. The summed E-state index contributed by atoms with van der Waals surface area (Å²) in [7, 11) is 0. The average molecular weight is 380 g/mol. The van der Waals surface area contributed by atoms with Gasteiger partial charge < -0.3 is 18.9 Å². The monoisotopic (exact) mass is 380 g/mol. The fourth-order valence-corrected chi connectivity index (χ4v) is 2.21. The third kappa shape index (κ3) is 6.17. The van der Waals surface area contributed by atoms with E-state index in [0.717, 1.165) is 23.0 Å². The number of esters is 1. The third-order valence-electron chi connectivity index (χ3n) is 3.54. The van der Waals surface area contributed by atoms with Gasteiger partial charge in [-0.25, -0.2) is 4.79 Å². The summed E-state index contributed by atoms with van der Waals surface area (Å²) in [4.78, 5) is 21.3. The van der Waals surface area contributed by atoms with Crippen molar-refractivity contribution in [3.05, 3.63) is 85.2 Å². The summed E-state index contributed by atoms with van der Waals surface area (Å²) >= 11 is 0. The molecule has 0 saturated heterocycles. The van der Waals surface area contributed by atoms with Gasteiger partial charge in [0.2, 0.25) is 0 Å². The van der Waals surface area contributed by atoms with Gasteiger partial charge in [0.25, 0.3) is 6.47 Å². The van der Waals surface area contributed by atoms with Crippen molar-refractivity contribution in [1.29, 1.82) is 0 Å². The van der Waals surface area contributed by atoms with E-state index in [0.29, 0.717) is 23.5 Å². The molecule has 2 aromatic carbocycles. The highest BCUT2D eigenvalue weighted by Crippen LogP contribution is 2.28. The fraction of sp³-hybridized carbons (Fsp3) is 0.0909. The fourth-order valence-electron chi connectivity index (χ4n) is 2.21. The number of benzene rings is 2. The molecule has 0 aliphatic heterocycles. The second-order valence-corrected chi connectivity index (χ2v) is 5.70. The molecule has 0 heterocycles. The molecule has 0 spiro atoms. The molecule has 2 rings (SSSR count). The van der Waals surface area contributed by atoms with Gasteiger partial charge in [0.05, 0.1) is 0 Å². The van der Waals surface area contributed by atoms with Crippen LogP contribution in [-0.2, 0) is 19.1 Å². The van der Waals surface area contributed by atoms with E-state index in [-0.39, 0.29) is 0 Å². The van der Waals surface area contributed by atoms with Crippen LogP contribution in [0, 0.1) is 6.92 Å². The van der Waals surface area contributed by atoms with Crippen LogP contribution in [0.4, 0.5) is 0 Å². The molecule has 6 heteroatoms. The van der Waals surface area contributed by atoms with Crippen molar-refractivity contribution in [2.24, 2.45) is 0 Å². The van der Waals surface area contributed by atoms with Crippen LogP contribution in [0.5, 0.6) is 11.5 Å². The zero-order chi connectivity index (χ0) is 20.4. The van der Waals surface area contributed by atoms with Crippen LogP contribution in [0.2, 0.25) is 0 Å². The predicted octanol–water partition coefficient (Wildman–Crippen LogP) is 4.65. The maximum absolute atomic E-state index is 11.3. The Morgan fingerprint density at radius 1 is 0.929 bits per heavy atom. The Morgan fingerprint density at radius 2 is 1.57 bits per heavy atom. The smallest absolute Gasteiger partial charge is 0.338 e. The standard InChI is InChI=1S/C22H20O6/c1-16(2)22(24)28-13-12-27-20-8-9-21(17(3)14-20)18-4-6-19(7-5-18)26-11-10-25-15-23/h4-15H,1H2,2-3H3/b11-10-,13-12-. The Morgan fingerprint density at radius 3 is 2.21 bits per heavy atom. The van der Waals surface area contributed by atoms with E-state index in [1.54, 1.807) is 6.92 Å². The van der Waals surface area contributed by atoms with Crippen molar-refractivity contribution >= 4 is 12.4 Å². The predicted molar refractivity (Wildman–Crippen MR) is 104 cm³/mol. The minimum Gasteiger partial charge on any atom is -0.462 e. The molecular weight excluding hydrogens is 360 g/mol. The summed E-state index contributed by atoms with van der Waals surface area (Å²) in [6.07, 6.45) is 4.90. The quantitative estimate of drug-likeness (QED) is 0.273. The van der Waals surface area contributed by atoms with Crippen molar-refractivity contribution in [2.75, 3.05) is 0 Å². The van der Waals surface area contributed by atoms with Crippen molar-refractivity contribution in [3.63, 3.8) is 0 Å². The Labute approximate surface area is 163 Å². The van der Waals surface area contributed by atoms with Gasteiger partial charge in [-0.05, 0) is 54.8 Å². The van der Waals surface area contributed by atoms with Crippen molar-refractivity contribution in [3.8, 4) is 22.6 Å². The maximum atomic E-state index is 11.3. The number of carbonyl (C=O) groups excluding carboxylic acids is 2. The molecule has 0 saturated carbocycles. The lowest BCUT2D eigenvalue weighted by Crippen LogP contribution is -1.99. The summed E-state index contributed by atoms with van der Waals surface area (Å²) in [6.45, 7) is 7.34. The number of hydrogen-bond acceptors (Lipinski definition) is 6. The largest absolute Gasteiger partial charge is 0.462 e. The molecule has 0 amide bonds. The molecule has 0 radical (unpaired) electrons. The minimum atomic E-state index is -0.509. The Bertz CT molecular complexity index is 894. The highest BCUT2D eigenvalue weighted by atomic mass is 16.5. The van der Waals surface area contributed by atoms with Crippen LogP contribution in [0.1, 0.15) is 12.5 Å². The SMILES string of the molecule is C=C(C)C(=O)O/C=C\Oc1ccc(-c2ccc(O/C=C\OC=O)cc2)c(C)c1. The van der Waals surface area contributed by atoms with E-state index < -0.39 is 5.97 Å². The lowest BCUT2D eigenvalue weighted by molar-refractivity contribution is -0.133. The average Bonchev–Trinajstić information content (AvgIpc) is 2.69. The normalized spacial score (nSPS) is 10.6. The first-order valence-electron chi connectivity index (χ1n) is 8.31. The molecule has 2 aromatic rings. The first-order chi connectivity index (χ1) is 13.5. The van der Waals surface area contributed by atoms with Gasteiger partial charge in [0, 0.05) is 5.57 Å². The van der Waals surface area contributed by atoms with Gasteiger partial charge in [-0.1, -0.05) is 24.8 Å². The summed E-state index contributed by atoms with van der Waals surface area (Å²) in [5.74, 6) is 0.719. The molecule has 0 atom stereocenters. The molecule has 6 nitrogen and oxygen atoms in total. The highest BCUT2D eigenvalue weighted by Gasteiger charge is 2.04. The topological polar surface area (TPSA) is 71.1 Å². The van der Waals surface area contributed by atoms with Crippen LogP contribution >= 0.6 is 0 Å². The van der Waals surface area contributed by atoms with Gasteiger partial charge in [0.15, 0.2) is 0 Å². The summed E-state index contributed by atoms with van der Waals surface area (Å²) in [5.41, 5.74) is 3.37. The minimum absolute atomic E-state index is 0.309. The molecule has 28 heavy (non-hydrogen) atoms. The van der Waals surface area contributed by atoms with E-state index in [4.69, 9.17) is 14.2 Å². The summed E-state index contributed by atoms with van der Waals surface area (Å²) in [6, 6.07) is 13.1. The molecule has 144 valence electrons. The number of ether oxygens (including phenoxy) is 4. The summed E-state index contributed by atoms with van der Waals surface area (Å²) in [5, 5.41) is 0. The Kier molecular flexibility index (Phi) is 7.60. The zero-order valence-corrected chi connectivity index (χ0v) is 15.6. The van der Waals surface area contributed by atoms with Gasteiger partial charge in [-0.15, -0.1) is 0 Å². The van der Waals surface area contributed by atoms with Crippen molar-refractivity contribution in [1.82, 2.24) is 0 Å². The highest BCUT2D eigenvalue weighted by molar-refractivity contribution is 5.87. The van der Waals surface area contributed by atoms with Crippen LogP contribution < -0.4 is 9.47 Å². The van der Waals surface area contributed by atoms with Crippen LogP contribution in [0.15, 0.2) is 79.7 Å². The first-order valence-corrected chi connectivity index (χ1v) is 8.31. The first kappa shape index (κ1) is 20.5. The third-order valence-corrected chi connectivity index (χ3v) is 3.54. The van der Waals surface area contributed by atoms with E-state index >= 15 is 0 Å². The van der Waals surface area contributed by atoms with Gasteiger partial charge in [-0.2, -0.15) is 0 Å². The molecule has 0 aliphatic carbocycles. The molecule has 0 N–H and O–H groups in total. The van der Waals surface area contributed by atoms with Crippen LogP contribution in [0.25, 0.3) is 11.1 Å². The van der Waals surface area contributed by atoms with Gasteiger partial charge >= 0.3 is 5.97 Å². The molecule has 0 aliphatic rings. The summed E-state index contributed by atoms with van der Waals surface area (Å²) < 4.78 is 20.0. The van der Waals surface area contributed by atoms with E-state index in [1.807, 2.05) is 49.4 Å². The van der Waals surface area contributed by atoms with E-state index in [1.165, 1.54) is 18.8 Å². The Hall–Kier alpha value is -3.80. The molecular formula is C22H20O6. The maximum Gasteiger partial charge on any atom is 0.338 e. The molecule has 0 unspecified atom stereocenters. The molecule has 0 aromatic heterocycles. The van der Waals surface area contributed by atoms with E-state index in [9.17, 15) is 9.59 Å². The van der Waals surface area contributed by atoms with Gasteiger partial charge in [-0.3, -0.25) is 4.79 Å². The van der Waals surface area contributed by atoms with Crippen molar-refractivity contribution in [2.45, 2.75) is 13.8 Å². The second-order valence-electron chi connectivity index (χ2n) is 5.70. The van der Waals surface area contributed by atoms with Crippen molar-refractivity contribution < 1.29 is 28.5 Å². The molecule has 0 bridgehead atoms. The second kappa shape index (κ2) is 10.4.